The first-order valence-corrected chi connectivity index (χ1v) is 5.80. The second-order valence-electron chi connectivity index (χ2n) is 3.68. The molecular weight excluding hydrogens is 289 g/mol. The van der Waals surface area contributed by atoms with Gasteiger partial charge < -0.3 is 10.6 Å². The van der Waals surface area contributed by atoms with Crippen molar-refractivity contribution in [3.63, 3.8) is 0 Å². The Balaban J connectivity index is 2.42. The van der Waals surface area contributed by atoms with Gasteiger partial charge in [0.2, 0.25) is 11.6 Å². The van der Waals surface area contributed by atoms with Gasteiger partial charge in [-0.05, 0) is 18.2 Å². The highest BCUT2D eigenvalue weighted by atomic mass is 35.5. The molecule has 0 unspecified atom stereocenters. The maximum absolute atomic E-state index is 13.3. The molecule has 0 aliphatic rings. The first-order chi connectivity index (χ1) is 9.52. The van der Waals surface area contributed by atoms with E-state index in [1.54, 1.807) is 0 Å². The Morgan fingerprint density at radius 1 is 1.35 bits per heavy atom. The number of anilines is 3. The highest BCUT2D eigenvalue weighted by Crippen LogP contribution is 2.31. The van der Waals surface area contributed by atoms with Crippen LogP contribution in [0.25, 0.3) is 0 Å². The number of nitrogens with one attached hydrogen (secondary N) is 2. The largest absolute Gasteiger partial charge is 0.367 e. The summed E-state index contributed by atoms with van der Waals surface area (Å²) in [7, 11) is 1.50. The number of aromatic nitrogens is 2. The van der Waals surface area contributed by atoms with E-state index in [4.69, 9.17) is 11.6 Å². The monoisotopic (exact) mass is 297 g/mol. The molecule has 0 bridgehead atoms. The third-order valence-electron chi connectivity index (χ3n) is 2.42. The normalized spacial score (nSPS) is 10.2. The van der Waals surface area contributed by atoms with Gasteiger partial charge in [0.25, 0.3) is 0 Å². The van der Waals surface area contributed by atoms with Crippen LogP contribution in [0, 0.1) is 15.9 Å². The highest BCUT2D eigenvalue weighted by molar-refractivity contribution is 6.30. The molecule has 2 aromatic rings. The molecule has 2 N–H and O–H groups in total. The van der Waals surface area contributed by atoms with E-state index in [9.17, 15) is 14.5 Å². The molecule has 0 atom stereocenters. The summed E-state index contributed by atoms with van der Waals surface area (Å²) in [6.45, 7) is 0. The summed E-state index contributed by atoms with van der Waals surface area (Å²) in [6.07, 6.45) is 1.16. The van der Waals surface area contributed by atoms with Gasteiger partial charge in [-0.2, -0.15) is 0 Å². The van der Waals surface area contributed by atoms with Crippen molar-refractivity contribution >= 4 is 34.6 Å². The Hall–Kier alpha value is -2.48. The fourth-order valence-corrected chi connectivity index (χ4v) is 1.65. The Bertz CT molecular complexity index is 667. The lowest BCUT2D eigenvalue weighted by atomic mass is 10.3. The lowest BCUT2D eigenvalue weighted by Crippen LogP contribution is -2.05. The van der Waals surface area contributed by atoms with Crippen LogP contribution in [0.5, 0.6) is 0 Å². The van der Waals surface area contributed by atoms with E-state index < -0.39 is 10.7 Å². The molecule has 0 amide bonds. The van der Waals surface area contributed by atoms with E-state index in [2.05, 4.69) is 20.6 Å². The molecule has 0 radical (unpaired) electrons. The number of nitrogens with zero attached hydrogens (tertiary/aromatic N) is 3. The average molecular weight is 298 g/mol. The fraction of sp³-hybridized carbons (Fsp3) is 0.0909. The van der Waals surface area contributed by atoms with E-state index in [-0.39, 0.29) is 28.0 Å². The van der Waals surface area contributed by atoms with Gasteiger partial charge in [-0.25, -0.2) is 14.4 Å². The maximum Gasteiger partial charge on any atom is 0.353 e. The van der Waals surface area contributed by atoms with Crippen LogP contribution in [-0.4, -0.2) is 21.9 Å². The number of halogens is 2. The zero-order valence-corrected chi connectivity index (χ0v) is 11.0. The number of nitro groups is 1. The van der Waals surface area contributed by atoms with Gasteiger partial charge in [0.05, 0.1) is 9.95 Å². The number of benzene rings is 1. The molecular formula is C11H9ClFN5O2. The van der Waals surface area contributed by atoms with Crippen molar-refractivity contribution in [1.82, 2.24) is 9.97 Å². The predicted octanol–water partition coefficient (Wildman–Crippen LogP) is 2.96. The van der Waals surface area contributed by atoms with Crippen molar-refractivity contribution < 1.29 is 9.31 Å². The number of rotatable bonds is 4. The van der Waals surface area contributed by atoms with Crippen LogP contribution in [-0.2, 0) is 0 Å². The van der Waals surface area contributed by atoms with E-state index in [0.29, 0.717) is 0 Å². The summed E-state index contributed by atoms with van der Waals surface area (Å²) in [5, 5.41) is 16.3. The van der Waals surface area contributed by atoms with Gasteiger partial charge in [-0.15, -0.1) is 0 Å². The van der Waals surface area contributed by atoms with Crippen LogP contribution in [0.3, 0.4) is 0 Å². The lowest BCUT2D eigenvalue weighted by molar-refractivity contribution is -0.383. The summed E-state index contributed by atoms with van der Waals surface area (Å²) in [6, 6.07) is 3.94. The molecule has 104 valence electrons. The zero-order chi connectivity index (χ0) is 14.7. The second-order valence-corrected chi connectivity index (χ2v) is 4.09. The minimum absolute atomic E-state index is 0.0383. The van der Waals surface area contributed by atoms with Crippen LogP contribution < -0.4 is 10.6 Å². The van der Waals surface area contributed by atoms with Gasteiger partial charge in [0.15, 0.2) is 0 Å². The van der Waals surface area contributed by atoms with Crippen molar-refractivity contribution in [1.29, 1.82) is 0 Å². The molecule has 0 aliphatic heterocycles. The number of hydrogen-bond donors (Lipinski definition) is 2. The molecule has 1 aromatic heterocycles. The SMILES string of the molecule is CNc1ncnc(Nc2ccc(Cl)c(F)c2)c1[N+](=O)[O-]. The summed E-state index contributed by atoms with van der Waals surface area (Å²) >= 11 is 5.57. The van der Waals surface area contributed by atoms with Gasteiger partial charge in [-0.1, -0.05) is 11.6 Å². The quantitative estimate of drug-likeness (QED) is 0.665. The second kappa shape index (κ2) is 5.66. The molecule has 0 fully saturated rings. The van der Waals surface area contributed by atoms with Crippen LogP contribution in [0.1, 0.15) is 0 Å². The van der Waals surface area contributed by atoms with Gasteiger partial charge >= 0.3 is 5.69 Å². The molecule has 0 saturated carbocycles. The Morgan fingerprint density at radius 2 is 2.05 bits per heavy atom. The minimum Gasteiger partial charge on any atom is -0.367 e. The molecule has 0 saturated heterocycles. The summed E-state index contributed by atoms with van der Waals surface area (Å²) in [5.41, 5.74) is -0.0406. The highest BCUT2D eigenvalue weighted by Gasteiger charge is 2.22. The molecule has 1 heterocycles. The molecule has 2 rings (SSSR count). The molecule has 7 nitrogen and oxygen atoms in total. The predicted molar refractivity (Wildman–Crippen MR) is 72.9 cm³/mol. The first-order valence-electron chi connectivity index (χ1n) is 5.42. The summed E-state index contributed by atoms with van der Waals surface area (Å²) in [4.78, 5) is 18.0. The summed E-state index contributed by atoms with van der Waals surface area (Å²) in [5.74, 6) is -0.625. The minimum atomic E-state index is -0.637. The van der Waals surface area contributed by atoms with Crippen LogP contribution in [0.15, 0.2) is 24.5 Å². The topological polar surface area (TPSA) is 93.0 Å². The third kappa shape index (κ3) is 2.75. The summed E-state index contributed by atoms with van der Waals surface area (Å²) < 4.78 is 13.3. The smallest absolute Gasteiger partial charge is 0.353 e. The van der Waals surface area contributed by atoms with Crippen molar-refractivity contribution in [2.75, 3.05) is 17.7 Å². The fourth-order valence-electron chi connectivity index (χ4n) is 1.54. The maximum atomic E-state index is 13.3. The average Bonchev–Trinajstić information content (AvgIpc) is 2.42. The van der Waals surface area contributed by atoms with Crippen molar-refractivity contribution in [2.24, 2.45) is 0 Å². The van der Waals surface area contributed by atoms with E-state index >= 15 is 0 Å². The van der Waals surface area contributed by atoms with Crippen molar-refractivity contribution in [3.8, 4) is 0 Å². The van der Waals surface area contributed by atoms with Gasteiger partial charge in [0, 0.05) is 12.7 Å². The van der Waals surface area contributed by atoms with Crippen LogP contribution in [0.2, 0.25) is 5.02 Å². The molecule has 0 aliphatic carbocycles. The van der Waals surface area contributed by atoms with E-state index in [0.717, 1.165) is 12.4 Å². The Labute approximate surface area is 118 Å². The number of hydrogen-bond acceptors (Lipinski definition) is 6. The molecule has 1 aromatic carbocycles. The molecule has 0 spiro atoms. The van der Waals surface area contributed by atoms with Crippen LogP contribution in [0.4, 0.5) is 27.4 Å². The Kier molecular flexibility index (Phi) is 3.94. The zero-order valence-electron chi connectivity index (χ0n) is 10.2. The molecule has 9 heteroatoms. The molecule has 20 heavy (non-hydrogen) atoms. The Morgan fingerprint density at radius 3 is 2.65 bits per heavy atom. The van der Waals surface area contributed by atoms with E-state index in [1.807, 2.05) is 0 Å². The first kappa shape index (κ1) is 13.9. The van der Waals surface area contributed by atoms with Crippen molar-refractivity contribution in [2.45, 2.75) is 0 Å². The van der Waals surface area contributed by atoms with Gasteiger partial charge in [-0.3, -0.25) is 10.1 Å². The third-order valence-corrected chi connectivity index (χ3v) is 2.73. The van der Waals surface area contributed by atoms with Gasteiger partial charge in [0.1, 0.15) is 12.1 Å². The van der Waals surface area contributed by atoms with Crippen LogP contribution >= 0.6 is 11.6 Å². The van der Waals surface area contributed by atoms with Crippen molar-refractivity contribution in [3.05, 3.63) is 45.5 Å². The lowest BCUT2D eigenvalue weighted by Gasteiger charge is -2.08. The van der Waals surface area contributed by atoms with E-state index in [1.165, 1.54) is 19.2 Å². The standard InChI is InChI=1S/C11H9ClFN5O2/c1-14-10-9(18(19)20)11(16-5-15-10)17-6-2-3-7(12)8(13)4-6/h2-5H,1H3,(H2,14,15,16,17).